The fraction of sp³-hybridized carbons (Fsp3) is 0. The topological polar surface area (TPSA) is 98.3 Å². The van der Waals surface area contributed by atoms with Crippen LogP contribution in [0.2, 0.25) is 0 Å². The molecule has 0 heterocycles. The first kappa shape index (κ1) is 8.92. The summed E-state index contributed by atoms with van der Waals surface area (Å²) in [5.74, 6) is 0. The van der Waals surface area contributed by atoms with Gasteiger partial charge in [0.2, 0.25) is 0 Å². The minimum absolute atomic E-state index is 0. The van der Waals surface area contributed by atoms with Crippen LogP contribution in [0.3, 0.4) is 0 Å². The van der Waals surface area contributed by atoms with Crippen molar-refractivity contribution in [3.63, 3.8) is 0 Å². The summed E-state index contributed by atoms with van der Waals surface area (Å²) in [6.07, 6.45) is 0. The van der Waals surface area contributed by atoms with Crippen LogP contribution >= 0.6 is 8.18 Å². The highest BCUT2D eigenvalue weighted by atomic mass is 31.1. The molecule has 5 heteroatoms. The lowest BCUT2D eigenvalue weighted by Crippen LogP contribution is -1.68. The van der Waals surface area contributed by atoms with Crippen LogP contribution in [-0.4, -0.2) is 4.89 Å². The fourth-order valence-corrected chi connectivity index (χ4v) is 0. The largest absolute Gasteiger partial charge is 0.344 e. The van der Waals surface area contributed by atoms with Crippen molar-refractivity contribution in [2.45, 2.75) is 0 Å². The van der Waals surface area contributed by atoms with Gasteiger partial charge < -0.3 is 11.0 Å². The first-order valence-corrected chi connectivity index (χ1v) is 2.15. The second-order valence-electron chi connectivity index (χ2n) is 0.338. The maximum atomic E-state index is 8.96. The Bertz CT molecular complexity index is 30.6. The maximum absolute atomic E-state index is 8.96. The average molecular weight is 98.0 g/mol. The van der Waals surface area contributed by atoms with E-state index in [9.17, 15) is 0 Å². The molecular weight excluding hydrogens is 91.0 g/mol. The van der Waals surface area contributed by atoms with Gasteiger partial charge in [-0.05, 0) is 0 Å². The van der Waals surface area contributed by atoms with E-state index in [0.29, 0.717) is 0 Å². The third-order valence-electron chi connectivity index (χ3n) is 0. The van der Waals surface area contributed by atoms with Crippen LogP contribution in [0.1, 0.15) is 0 Å². The Morgan fingerprint density at radius 2 is 1.80 bits per heavy atom. The van der Waals surface area contributed by atoms with Crippen molar-refractivity contribution < 1.29 is 9.46 Å². The first-order chi connectivity index (χ1) is 1.73. The summed E-state index contributed by atoms with van der Waals surface area (Å²) in [5, 5.41) is 0. The molecule has 0 aliphatic heterocycles. The van der Waals surface area contributed by atoms with E-state index in [-0.39, 0.29) is 6.15 Å². The molecule has 6 N–H and O–H groups in total. The molecule has 1 unspecified atom stereocenters. The van der Waals surface area contributed by atoms with Gasteiger partial charge in [-0.2, -0.15) is 0 Å². The van der Waals surface area contributed by atoms with Crippen molar-refractivity contribution in [1.29, 1.82) is 0 Å². The van der Waals surface area contributed by atoms with Crippen LogP contribution in [-0.2, 0) is 4.57 Å². The lowest BCUT2D eigenvalue weighted by atomic mass is 13.9. The van der Waals surface area contributed by atoms with Crippen molar-refractivity contribution in [2.24, 2.45) is 5.50 Å². The molecule has 34 valence electrons. The van der Waals surface area contributed by atoms with Crippen LogP contribution < -0.4 is 11.7 Å². The summed E-state index contributed by atoms with van der Waals surface area (Å²) in [7, 11) is -2.63. The molecule has 4 nitrogen and oxygen atoms in total. The predicted octanol–water partition coefficient (Wildman–Crippen LogP) is -0.511. The van der Waals surface area contributed by atoms with Crippen LogP contribution in [0.5, 0.6) is 0 Å². The summed E-state index contributed by atoms with van der Waals surface area (Å²) in [4.78, 5) is 7.38. The Morgan fingerprint density at radius 1 is 1.80 bits per heavy atom. The quantitative estimate of drug-likeness (QED) is 0.355. The van der Waals surface area contributed by atoms with Gasteiger partial charge in [-0.15, -0.1) is 0 Å². The number of hydrogen-bond donors (Lipinski definition) is 3. The molecule has 0 saturated carbocycles. The number of rotatable bonds is 0. The van der Waals surface area contributed by atoms with Crippen LogP contribution in [0.25, 0.3) is 0 Å². The van der Waals surface area contributed by atoms with E-state index >= 15 is 0 Å². The van der Waals surface area contributed by atoms with Crippen LogP contribution in [0.4, 0.5) is 0 Å². The van der Waals surface area contributed by atoms with Gasteiger partial charge in [0.1, 0.15) is 0 Å². The van der Waals surface area contributed by atoms with E-state index in [2.05, 4.69) is 5.50 Å². The molecule has 1 atom stereocenters. The Morgan fingerprint density at radius 3 is 1.80 bits per heavy atom. The zero-order chi connectivity index (χ0) is 3.58. The molecule has 0 radical (unpaired) electrons. The SMILES string of the molecule is N.N[PH](=O)O. The summed E-state index contributed by atoms with van der Waals surface area (Å²) in [6, 6.07) is 0. The van der Waals surface area contributed by atoms with Crippen molar-refractivity contribution in [3.05, 3.63) is 0 Å². The molecule has 0 aliphatic carbocycles. The third-order valence-corrected chi connectivity index (χ3v) is 0. The molecule has 0 saturated heterocycles. The van der Waals surface area contributed by atoms with E-state index in [1.54, 1.807) is 0 Å². The van der Waals surface area contributed by atoms with E-state index in [1.165, 1.54) is 0 Å². The Balaban J connectivity index is 0. The molecule has 0 aromatic rings. The Kier molecular flexibility index (Phi) is 7.34. The van der Waals surface area contributed by atoms with Crippen molar-refractivity contribution in [2.75, 3.05) is 0 Å². The second kappa shape index (κ2) is 4.11. The van der Waals surface area contributed by atoms with Crippen molar-refractivity contribution >= 4 is 8.18 Å². The van der Waals surface area contributed by atoms with E-state index in [0.717, 1.165) is 0 Å². The van der Waals surface area contributed by atoms with Gasteiger partial charge in [0.25, 0.3) is 8.18 Å². The zero-order valence-electron chi connectivity index (χ0n) is 2.64. The number of nitrogens with two attached hydrogens (primary N) is 1. The van der Waals surface area contributed by atoms with Crippen molar-refractivity contribution in [1.82, 2.24) is 6.15 Å². The van der Waals surface area contributed by atoms with Crippen molar-refractivity contribution in [3.8, 4) is 0 Å². The van der Waals surface area contributed by atoms with E-state index in [4.69, 9.17) is 9.46 Å². The van der Waals surface area contributed by atoms with Gasteiger partial charge in [-0.25, -0.2) is 0 Å². The Labute approximate surface area is 30.5 Å². The minimum atomic E-state index is -2.63. The summed E-state index contributed by atoms with van der Waals surface area (Å²) in [6.45, 7) is 0. The molecular formula is H7N2O2P. The van der Waals surface area contributed by atoms with E-state index < -0.39 is 8.18 Å². The molecule has 0 aliphatic rings. The molecule has 0 bridgehead atoms. The molecule has 0 aromatic carbocycles. The van der Waals surface area contributed by atoms with Gasteiger partial charge in [0.15, 0.2) is 0 Å². The van der Waals surface area contributed by atoms with Gasteiger partial charge in [0, 0.05) is 0 Å². The molecule has 0 rings (SSSR count). The predicted molar refractivity (Wildman–Crippen MR) is 20.4 cm³/mol. The van der Waals surface area contributed by atoms with Gasteiger partial charge >= 0.3 is 0 Å². The van der Waals surface area contributed by atoms with Gasteiger partial charge in [-0.1, -0.05) is 0 Å². The normalized spacial score (nSPS) is 12.4. The van der Waals surface area contributed by atoms with E-state index in [1.807, 2.05) is 0 Å². The molecule has 0 fully saturated rings. The highest BCUT2D eigenvalue weighted by Gasteiger charge is 1.58. The third kappa shape index (κ3) is 1510. The minimum Gasteiger partial charge on any atom is -0.344 e. The zero-order valence-corrected chi connectivity index (χ0v) is 3.64. The first-order valence-electron chi connectivity index (χ1n) is 0.716. The fourth-order valence-electron chi connectivity index (χ4n) is 0. The van der Waals surface area contributed by atoms with Gasteiger partial charge in [0.05, 0.1) is 0 Å². The maximum Gasteiger partial charge on any atom is 0.253 e. The molecule has 0 spiro atoms. The highest BCUT2D eigenvalue weighted by molar-refractivity contribution is 7.35. The highest BCUT2D eigenvalue weighted by Crippen LogP contribution is 1.91. The molecule has 5 heavy (non-hydrogen) atoms. The lowest BCUT2D eigenvalue weighted by molar-refractivity contribution is 0.504. The number of hydrogen-bond acceptors (Lipinski definition) is 2. The van der Waals surface area contributed by atoms with Crippen LogP contribution in [0, 0.1) is 0 Å². The standard InChI is InChI=1S/H4NO2P.H3N/c1-4(2)3;/h4H,(H3,1,2,3);1H3. The second-order valence-corrected chi connectivity index (χ2v) is 1.01. The summed E-state index contributed by atoms with van der Waals surface area (Å²) < 4.78 is 8.96. The Hall–Kier alpha value is 0.110. The van der Waals surface area contributed by atoms with Gasteiger partial charge in [-0.3, -0.25) is 10.1 Å². The monoisotopic (exact) mass is 98.0 g/mol. The summed E-state index contributed by atoms with van der Waals surface area (Å²) in [5.41, 5.74) is 4.21. The molecule has 0 aromatic heterocycles. The lowest BCUT2D eigenvalue weighted by Gasteiger charge is -1.62. The smallest absolute Gasteiger partial charge is 0.253 e. The average Bonchev–Trinajstić information content (AvgIpc) is 0.811. The van der Waals surface area contributed by atoms with Crippen LogP contribution in [0.15, 0.2) is 0 Å². The summed E-state index contributed by atoms with van der Waals surface area (Å²) >= 11 is 0. The molecule has 0 amide bonds.